The number of esters is 3. The van der Waals surface area contributed by atoms with Crippen LogP contribution in [0.1, 0.15) is 75.3 Å². The van der Waals surface area contributed by atoms with Crippen LogP contribution in [0, 0.1) is 11.3 Å². The first-order valence-electron chi connectivity index (χ1n) is 21.8. The number of aromatic nitrogens is 1. The van der Waals surface area contributed by atoms with E-state index < -0.39 is 57.4 Å². The summed E-state index contributed by atoms with van der Waals surface area (Å²) in [4.78, 5) is 65.6. The number of likely N-dealkylation sites (N-methyl/N-ethyl adjacent to an activating group) is 1. The quantitative estimate of drug-likeness (QED) is 0.124. The number of aromatic amines is 1. The highest BCUT2D eigenvalue weighted by atomic mass is 16.6. The molecule has 2 aromatic carbocycles. The SMILES string of the molecule is CC[C@@]1(NC=O)C[C@@H]2CN(CCc3c([nH]c4ccccc34)[C@@](C(=O)OC)(c3cc4c(cc3OC)N(C)[C@H]3[C@@](O)(C(=O)OC)[C@H](OC(C)=O)[C@]5(CC)C=CCN6CC[C@]43[C@@H]65)C2)C1. The van der Waals surface area contributed by atoms with Crippen LogP contribution in [0.4, 0.5) is 5.69 Å². The van der Waals surface area contributed by atoms with Crippen LogP contribution in [0.2, 0.25) is 0 Å². The summed E-state index contributed by atoms with van der Waals surface area (Å²) >= 11 is 0. The third kappa shape index (κ3) is 5.43. The van der Waals surface area contributed by atoms with E-state index in [0.717, 1.165) is 59.3 Å². The van der Waals surface area contributed by atoms with Crippen molar-refractivity contribution in [2.45, 2.75) is 99.5 Å². The van der Waals surface area contributed by atoms with E-state index >= 15 is 4.79 Å². The van der Waals surface area contributed by atoms with Crippen molar-refractivity contribution in [1.29, 1.82) is 0 Å². The molecule has 326 valence electrons. The number of carbonyl (C=O) groups excluding carboxylic acids is 4. The van der Waals surface area contributed by atoms with Gasteiger partial charge in [0.15, 0.2) is 6.10 Å². The number of carbonyl (C=O) groups is 4. The molecule has 3 fully saturated rings. The minimum absolute atomic E-state index is 0.0639. The van der Waals surface area contributed by atoms with Gasteiger partial charge in [0, 0.05) is 90.9 Å². The van der Waals surface area contributed by atoms with Gasteiger partial charge < -0.3 is 44.2 Å². The maximum atomic E-state index is 15.4. The lowest BCUT2D eigenvalue weighted by Gasteiger charge is -2.63. The van der Waals surface area contributed by atoms with Crippen molar-refractivity contribution in [3.05, 3.63) is 70.9 Å². The average molecular weight is 838 g/mol. The minimum atomic E-state index is -2.31. The zero-order chi connectivity index (χ0) is 43.3. The number of ether oxygens (including phenoxy) is 4. The van der Waals surface area contributed by atoms with Gasteiger partial charge in [-0.1, -0.05) is 44.2 Å². The minimum Gasteiger partial charge on any atom is -0.496 e. The topological polar surface area (TPSA) is 163 Å². The standard InChI is InChI=1S/C47H59N5O9/c1-8-43(48-27-53)23-29-24-46(41(55)59-6,37-31(15-19-51(25-29)26-43)30-13-10-11-14-34(30)49-37)33-21-32-35(22-36(33)58-5)50(4)39-45(32)17-20-52-18-12-16-44(9-2,38(45)52)40(61-28(3)54)47(39,57)42(56)60-7/h10-14,16,21-22,27,29,38-40,49,57H,8-9,15,17-20,23-26H2,1-7H3,(H,48,53)/t29-,38-,39+,40+,43+,44+,45+,46-,47-/m0/s1. The van der Waals surface area contributed by atoms with Gasteiger partial charge >= 0.3 is 17.9 Å². The Morgan fingerprint density at radius 1 is 1.00 bits per heavy atom. The maximum absolute atomic E-state index is 15.4. The highest BCUT2D eigenvalue weighted by Crippen LogP contribution is 2.68. The Morgan fingerprint density at radius 3 is 2.46 bits per heavy atom. The van der Waals surface area contributed by atoms with Crippen molar-refractivity contribution in [2.24, 2.45) is 11.3 Å². The Morgan fingerprint density at radius 2 is 1.77 bits per heavy atom. The van der Waals surface area contributed by atoms with Crippen molar-refractivity contribution in [1.82, 2.24) is 20.1 Å². The molecule has 61 heavy (non-hydrogen) atoms. The number of nitrogens with one attached hydrogen (secondary N) is 2. The van der Waals surface area contributed by atoms with Crippen LogP contribution in [-0.2, 0) is 50.6 Å². The predicted octanol–water partition coefficient (Wildman–Crippen LogP) is 3.74. The maximum Gasteiger partial charge on any atom is 0.344 e. The summed E-state index contributed by atoms with van der Waals surface area (Å²) in [6.45, 7) is 8.85. The number of methoxy groups -OCH3 is 3. The molecule has 6 heterocycles. The van der Waals surface area contributed by atoms with Crippen LogP contribution in [-0.4, -0.2) is 135 Å². The van der Waals surface area contributed by atoms with E-state index in [4.69, 9.17) is 18.9 Å². The fraction of sp³-hybridized carbons (Fsp3) is 0.574. The molecule has 3 N–H and O–H groups in total. The molecule has 1 amide bonds. The lowest BCUT2D eigenvalue weighted by atomic mass is 9.47. The normalized spacial score (nSPS) is 36.0. The summed E-state index contributed by atoms with van der Waals surface area (Å²) in [6.07, 6.45) is 7.01. The van der Waals surface area contributed by atoms with Gasteiger partial charge in [-0.15, -0.1) is 0 Å². The number of benzene rings is 2. The first-order chi connectivity index (χ1) is 29.3. The molecule has 0 radical (unpaired) electrons. The number of aliphatic hydroxyl groups is 1. The Balaban J connectivity index is 1.36. The first kappa shape index (κ1) is 41.4. The summed E-state index contributed by atoms with van der Waals surface area (Å²) in [6, 6.07) is 10.9. The van der Waals surface area contributed by atoms with E-state index in [9.17, 15) is 19.5 Å². The Bertz CT molecular complexity index is 2330. The molecular formula is C47H59N5O9. The molecule has 1 unspecified atom stereocenters. The number of fused-ring (bicyclic) bond motifs is 6. The second-order valence-electron chi connectivity index (χ2n) is 18.5. The summed E-state index contributed by atoms with van der Waals surface area (Å²) < 4.78 is 24.0. The molecule has 10 atom stereocenters. The van der Waals surface area contributed by atoms with E-state index in [2.05, 4.69) is 51.3 Å². The monoisotopic (exact) mass is 837 g/mol. The lowest BCUT2D eigenvalue weighted by Crippen LogP contribution is -2.81. The number of H-pyrrole nitrogens is 1. The van der Waals surface area contributed by atoms with Gasteiger partial charge in [0.1, 0.15) is 11.2 Å². The summed E-state index contributed by atoms with van der Waals surface area (Å²) in [5.41, 5.74) is -1.24. The number of para-hydroxylation sites is 1. The number of anilines is 1. The summed E-state index contributed by atoms with van der Waals surface area (Å²) in [5.74, 6) is -1.54. The molecule has 6 aliphatic rings. The molecule has 1 spiro atoms. The van der Waals surface area contributed by atoms with Crippen LogP contribution >= 0.6 is 0 Å². The average Bonchev–Trinajstić information content (AvgIpc) is 3.92. The van der Waals surface area contributed by atoms with Crippen LogP contribution < -0.4 is 15.0 Å². The number of rotatable bonds is 9. The third-order valence-electron chi connectivity index (χ3n) is 16.0. The second kappa shape index (κ2) is 14.6. The van der Waals surface area contributed by atoms with Gasteiger partial charge in [0.25, 0.3) is 0 Å². The first-order valence-corrected chi connectivity index (χ1v) is 21.8. The van der Waals surface area contributed by atoms with Gasteiger partial charge in [-0.25, -0.2) is 4.79 Å². The van der Waals surface area contributed by atoms with E-state index in [0.29, 0.717) is 63.1 Å². The highest BCUT2D eigenvalue weighted by Gasteiger charge is 2.80. The molecule has 2 bridgehead atoms. The number of piperidine rings is 1. The Labute approximate surface area is 356 Å². The number of hydrogen-bond acceptors (Lipinski definition) is 12. The molecule has 14 heteroatoms. The van der Waals surface area contributed by atoms with Crippen molar-refractivity contribution in [3.63, 3.8) is 0 Å². The molecule has 14 nitrogen and oxygen atoms in total. The fourth-order valence-electron chi connectivity index (χ4n) is 13.9. The molecule has 5 aliphatic heterocycles. The molecule has 3 aromatic rings. The van der Waals surface area contributed by atoms with Gasteiger partial charge in [-0.2, -0.15) is 0 Å². The number of hydrogen-bond donors (Lipinski definition) is 3. The van der Waals surface area contributed by atoms with Crippen molar-refractivity contribution in [3.8, 4) is 5.75 Å². The second-order valence-corrected chi connectivity index (χ2v) is 18.5. The van der Waals surface area contributed by atoms with Crippen LogP contribution in [0.25, 0.3) is 10.9 Å². The van der Waals surface area contributed by atoms with E-state index in [1.807, 2.05) is 43.1 Å². The summed E-state index contributed by atoms with van der Waals surface area (Å²) in [7, 11) is 6.15. The van der Waals surface area contributed by atoms with Gasteiger partial charge in [0.2, 0.25) is 12.0 Å². The molecular weight excluding hydrogens is 779 g/mol. The Kier molecular flexibility index (Phi) is 9.91. The molecule has 2 saturated heterocycles. The largest absolute Gasteiger partial charge is 0.496 e. The summed E-state index contributed by atoms with van der Waals surface area (Å²) in [5, 5.41) is 17.6. The van der Waals surface area contributed by atoms with Crippen LogP contribution in [0.3, 0.4) is 0 Å². The Hall–Kier alpha value is -4.92. The molecule has 1 aromatic heterocycles. The van der Waals surface area contributed by atoms with E-state index in [1.165, 1.54) is 21.1 Å². The van der Waals surface area contributed by atoms with Gasteiger partial charge in [0.05, 0.1) is 32.9 Å². The van der Waals surface area contributed by atoms with Crippen molar-refractivity contribution < 1.29 is 43.2 Å². The fourth-order valence-corrected chi connectivity index (χ4v) is 13.9. The molecule has 9 rings (SSSR count). The zero-order valence-electron chi connectivity index (χ0n) is 36.3. The predicted molar refractivity (Wildman–Crippen MR) is 227 cm³/mol. The van der Waals surface area contributed by atoms with Crippen LogP contribution in [0.5, 0.6) is 5.75 Å². The van der Waals surface area contributed by atoms with Crippen LogP contribution in [0.15, 0.2) is 48.6 Å². The zero-order valence-corrected chi connectivity index (χ0v) is 36.3. The third-order valence-corrected chi connectivity index (χ3v) is 16.0. The van der Waals surface area contributed by atoms with Gasteiger partial charge in [-0.05, 0) is 74.2 Å². The molecule has 1 aliphatic carbocycles. The number of amides is 1. The smallest absolute Gasteiger partial charge is 0.344 e. The van der Waals surface area contributed by atoms with E-state index in [1.54, 1.807) is 7.11 Å². The van der Waals surface area contributed by atoms with Crippen molar-refractivity contribution >= 4 is 40.9 Å². The molecule has 1 saturated carbocycles. The highest BCUT2D eigenvalue weighted by molar-refractivity contribution is 5.95. The lowest BCUT2D eigenvalue weighted by molar-refractivity contribution is -0.228. The number of nitrogens with zero attached hydrogens (tertiary/aromatic N) is 3. The van der Waals surface area contributed by atoms with E-state index in [-0.39, 0.29) is 12.0 Å². The van der Waals surface area contributed by atoms with Crippen molar-refractivity contribution in [2.75, 3.05) is 66.0 Å². The van der Waals surface area contributed by atoms with Gasteiger partial charge in [-0.3, -0.25) is 19.3 Å².